The average molecular weight is 329 g/mol. The number of benzene rings is 1. The Hall–Kier alpha value is -2.38. The number of rotatable bonds is 6. The maximum atomic E-state index is 12.4. The average Bonchev–Trinajstić information content (AvgIpc) is 2.45. The highest BCUT2D eigenvalue weighted by atomic mass is 19.3. The second-order valence-electron chi connectivity index (χ2n) is 5.21. The lowest BCUT2D eigenvalue weighted by molar-refractivity contribution is -0.130. The van der Waals surface area contributed by atoms with E-state index in [1.54, 1.807) is 46.1 Å². The van der Waals surface area contributed by atoms with Crippen LogP contribution in [0.5, 0.6) is 5.75 Å². The Morgan fingerprint density at radius 1 is 1.13 bits per heavy atom. The summed E-state index contributed by atoms with van der Waals surface area (Å²) in [6.45, 7) is 0.237. The van der Waals surface area contributed by atoms with Gasteiger partial charge in [-0.3, -0.25) is 4.79 Å². The van der Waals surface area contributed by atoms with Crippen molar-refractivity contribution in [3.05, 3.63) is 29.8 Å². The number of carbonyl (C=O) groups excluding carboxylic acids is 2. The molecule has 0 bridgehead atoms. The normalized spacial score (nSPS) is 13.2. The van der Waals surface area contributed by atoms with Crippen molar-refractivity contribution < 1.29 is 23.1 Å². The molecule has 1 aromatic rings. The van der Waals surface area contributed by atoms with Gasteiger partial charge in [0.05, 0.1) is 6.04 Å². The number of urea groups is 1. The van der Waals surface area contributed by atoms with E-state index in [0.717, 1.165) is 0 Å². The highest BCUT2D eigenvalue weighted by molar-refractivity contribution is 5.86. The van der Waals surface area contributed by atoms with Crippen molar-refractivity contribution in [3.63, 3.8) is 0 Å². The minimum Gasteiger partial charge on any atom is -0.434 e. The summed E-state index contributed by atoms with van der Waals surface area (Å²) >= 11 is 0. The zero-order chi connectivity index (χ0) is 17.6. The van der Waals surface area contributed by atoms with Crippen LogP contribution in [0.2, 0.25) is 0 Å². The van der Waals surface area contributed by atoms with Gasteiger partial charge >= 0.3 is 12.6 Å². The molecule has 3 amide bonds. The van der Waals surface area contributed by atoms with E-state index in [2.05, 4.69) is 15.4 Å². The lowest BCUT2D eigenvalue weighted by atomic mass is 10.1. The second kappa shape index (κ2) is 8.30. The summed E-state index contributed by atoms with van der Waals surface area (Å²) in [6, 6.07) is 4.34. The molecule has 0 saturated carbocycles. The Morgan fingerprint density at radius 3 is 2.30 bits per heavy atom. The van der Waals surface area contributed by atoms with Gasteiger partial charge in [-0.25, -0.2) is 4.79 Å². The van der Waals surface area contributed by atoms with Gasteiger partial charge in [-0.05, 0) is 19.9 Å². The van der Waals surface area contributed by atoms with E-state index in [-0.39, 0.29) is 11.7 Å². The molecule has 0 aliphatic heterocycles. The number of nitrogens with zero attached hydrogens (tertiary/aromatic N) is 1. The van der Waals surface area contributed by atoms with Crippen molar-refractivity contribution >= 4 is 11.9 Å². The maximum Gasteiger partial charge on any atom is 0.387 e. The van der Waals surface area contributed by atoms with Gasteiger partial charge in [0, 0.05) is 19.7 Å². The SMILES string of the molecule is C[C@@H](NC(=O)N[C@H](C)c1ccccc1OC(F)F)C(=O)N(C)C. The fraction of sp³-hybridized carbons (Fsp3) is 0.467. The number of hydrogen-bond donors (Lipinski definition) is 2. The summed E-state index contributed by atoms with van der Waals surface area (Å²) in [6.07, 6.45) is 0. The third-order valence-corrected chi connectivity index (χ3v) is 3.11. The van der Waals surface area contributed by atoms with E-state index in [1.165, 1.54) is 11.0 Å². The summed E-state index contributed by atoms with van der Waals surface area (Å²) in [5.41, 5.74) is 0.412. The van der Waals surface area contributed by atoms with Crippen LogP contribution in [-0.2, 0) is 4.79 Å². The van der Waals surface area contributed by atoms with E-state index < -0.39 is 24.7 Å². The monoisotopic (exact) mass is 329 g/mol. The van der Waals surface area contributed by atoms with Gasteiger partial charge in [0.15, 0.2) is 0 Å². The van der Waals surface area contributed by atoms with E-state index in [0.29, 0.717) is 5.56 Å². The summed E-state index contributed by atoms with van der Waals surface area (Å²) < 4.78 is 29.2. The molecule has 0 saturated heterocycles. The fourth-order valence-electron chi connectivity index (χ4n) is 2.00. The Balaban J connectivity index is 2.71. The Bertz CT molecular complexity index is 553. The molecule has 0 heterocycles. The molecule has 1 aromatic carbocycles. The van der Waals surface area contributed by atoms with Crippen molar-refractivity contribution in [2.45, 2.75) is 32.5 Å². The fourth-order valence-corrected chi connectivity index (χ4v) is 2.00. The first-order valence-electron chi connectivity index (χ1n) is 7.04. The number of amides is 3. The predicted molar refractivity (Wildman–Crippen MR) is 81.3 cm³/mol. The molecule has 6 nitrogen and oxygen atoms in total. The molecule has 1 rings (SSSR count). The molecule has 0 radical (unpaired) electrons. The highest BCUT2D eigenvalue weighted by Crippen LogP contribution is 2.26. The Labute approximate surface area is 133 Å². The van der Waals surface area contributed by atoms with Crippen LogP contribution in [0.4, 0.5) is 13.6 Å². The van der Waals surface area contributed by atoms with Crippen LogP contribution < -0.4 is 15.4 Å². The topological polar surface area (TPSA) is 70.7 Å². The standard InChI is InChI=1S/C15H21F2N3O3/c1-9(11-7-5-6-8-12(11)23-14(16)17)18-15(22)19-10(2)13(21)20(3)4/h5-10,14H,1-4H3,(H2,18,19,22)/t9-,10-/m1/s1. The minimum absolute atomic E-state index is 0.00674. The van der Waals surface area contributed by atoms with E-state index >= 15 is 0 Å². The zero-order valence-electron chi connectivity index (χ0n) is 13.5. The second-order valence-corrected chi connectivity index (χ2v) is 5.21. The number of hydrogen-bond acceptors (Lipinski definition) is 3. The molecule has 0 aliphatic rings. The number of para-hydroxylation sites is 1. The molecule has 8 heteroatoms. The van der Waals surface area contributed by atoms with Crippen LogP contribution in [0.1, 0.15) is 25.5 Å². The van der Waals surface area contributed by atoms with Gasteiger partial charge in [0.2, 0.25) is 5.91 Å². The van der Waals surface area contributed by atoms with Crippen molar-refractivity contribution in [1.82, 2.24) is 15.5 Å². The van der Waals surface area contributed by atoms with Crippen LogP contribution in [0, 0.1) is 0 Å². The van der Waals surface area contributed by atoms with Gasteiger partial charge in [0.1, 0.15) is 11.8 Å². The molecule has 0 aliphatic carbocycles. The number of likely N-dealkylation sites (N-methyl/N-ethyl adjacent to an activating group) is 1. The van der Waals surface area contributed by atoms with Crippen LogP contribution in [0.25, 0.3) is 0 Å². The number of nitrogens with one attached hydrogen (secondary N) is 2. The van der Waals surface area contributed by atoms with Crippen molar-refractivity contribution in [3.8, 4) is 5.75 Å². The molecule has 0 aromatic heterocycles. The predicted octanol–water partition coefficient (Wildman–Crippen LogP) is 2.12. The summed E-state index contributed by atoms with van der Waals surface area (Å²) in [4.78, 5) is 25.0. The number of carbonyl (C=O) groups is 2. The minimum atomic E-state index is -2.95. The van der Waals surface area contributed by atoms with Crippen LogP contribution in [-0.4, -0.2) is 43.6 Å². The highest BCUT2D eigenvalue weighted by Gasteiger charge is 2.20. The number of halogens is 2. The third-order valence-electron chi connectivity index (χ3n) is 3.11. The van der Waals surface area contributed by atoms with Crippen LogP contribution in [0.3, 0.4) is 0 Å². The van der Waals surface area contributed by atoms with Gasteiger partial charge in [-0.15, -0.1) is 0 Å². The lowest BCUT2D eigenvalue weighted by Crippen LogP contribution is -2.48. The number of ether oxygens (including phenoxy) is 1. The first-order chi connectivity index (χ1) is 10.7. The molecule has 0 unspecified atom stereocenters. The first-order valence-corrected chi connectivity index (χ1v) is 7.04. The quantitative estimate of drug-likeness (QED) is 0.840. The molecule has 2 N–H and O–H groups in total. The molecule has 128 valence electrons. The third kappa shape index (κ3) is 5.72. The summed E-state index contributed by atoms with van der Waals surface area (Å²) in [5.74, 6) is -0.262. The van der Waals surface area contributed by atoms with Crippen molar-refractivity contribution in [1.29, 1.82) is 0 Å². The zero-order valence-corrected chi connectivity index (χ0v) is 13.5. The van der Waals surface area contributed by atoms with Gasteiger partial charge in [-0.2, -0.15) is 8.78 Å². The van der Waals surface area contributed by atoms with E-state index in [9.17, 15) is 18.4 Å². The van der Waals surface area contributed by atoms with Crippen LogP contribution in [0.15, 0.2) is 24.3 Å². The van der Waals surface area contributed by atoms with Crippen molar-refractivity contribution in [2.24, 2.45) is 0 Å². The summed E-state index contributed by atoms with van der Waals surface area (Å²) in [7, 11) is 3.16. The molecular weight excluding hydrogens is 308 g/mol. The van der Waals surface area contributed by atoms with Gasteiger partial charge in [0.25, 0.3) is 0 Å². The van der Waals surface area contributed by atoms with E-state index in [4.69, 9.17) is 0 Å². The first kappa shape index (κ1) is 18.7. The molecule has 23 heavy (non-hydrogen) atoms. The Kier molecular flexibility index (Phi) is 6.74. The molecule has 0 spiro atoms. The summed E-state index contributed by atoms with van der Waals surface area (Å²) in [5, 5.41) is 5.08. The van der Waals surface area contributed by atoms with Crippen LogP contribution >= 0.6 is 0 Å². The molecule has 0 fully saturated rings. The van der Waals surface area contributed by atoms with Crippen molar-refractivity contribution in [2.75, 3.05) is 14.1 Å². The maximum absolute atomic E-state index is 12.4. The molecular formula is C15H21F2N3O3. The molecule has 2 atom stereocenters. The number of alkyl halides is 2. The van der Waals surface area contributed by atoms with Gasteiger partial charge < -0.3 is 20.3 Å². The smallest absolute Gasteiger partial charge is 0.387 e. The lowest BCUT2D eigenvalue weighted by Gasteiger charge is -2.21. The largest absolute Gasteiger partial charge is 0.434 e. The van der Waals surface area contributed by atoms with Gasteiger partial charge in [-0.1, -0.05) is 18.2 Å². The van der Waals surface area contributed by atoms with E-state index in [1.807, 2.05) is 0 Å². The Morgan fingerprint density at radius 2 is 1.74 bits per heavy atom.